The highest BCUT2D eigenvalue weighted by Crippen LogP contribution is 2.33. The zero-order valence-electron chi connectivity index (χ0n) is 14.9. The topological polar surface area (TPSA) is 73.0 Å². The highest BCUT2D eigenvalue weighted by Gasteiger charge is 2.26. The first kappa shape index (κ1) is 18.0. The number of benzene rings is 2. The molecule has 0 radical (unpaired) electrons. The molecule has 1 aromatic heterocycles. The molecule has 0 aliphatic rings. The largest absolute Gasteiger partial charge is 0.291 e. The number of fused-ring (bicyclic) bond motifs is 1. The van der Waals surface area contributed by atoms with Crippen LogP contribution in [0.5, 0.6) is 0 Å². The van der Waals surface area contributed by atoms with Crippen molar-refractivity contribution in [2.24, 2.45) is 5.41 Å². The van der Waals surface area contributed by atoms with Crippen molar-refractivity contribution >= 4 is 16.6 Å². The zero-order chi connectivity index (χ0) is 18.9. The van der Waals surface area contributed by atoms with Gasteiger partial charge in [-0.3, -0.25) is 20.1 Å². The van der Waals surface area contributed by atoms with E-state index in [0.29, 0.717) is 12.2 Å². The predicted molar refractivity (Wildman–Crippen MR) is 98.1 cm³/mol. The van der Waals surface area contributed by atoms with E-state index in [9.17, 15) is 14.5 Å². The van der Waals surface area contributed by atoms with E-state index in [1.807, 2.05) is 0 Å². The molecule has 0 saturated carbocycles. The lowest BCUT2D eigenvalue weighted by Crippen LogP contribution is -2.34. The number of hydrogen-bond acceptors (Lipinski definition) is 4. The van der Waals surface area contributed by atoms with Crippen LogP contribution in [0.1, 0.15) is 32.4 Å². The zero-order valence-corrected chi connectivity index (χ0v) is 14.9. The van der Waals surface area contributed by atoms with Crippen LogP contribution in [0.4, 0.5) is 10.1 Å². The molecular formula is C19H21FN4O2. The second kappa shape index (κ2) is 6.84. The van der Waals surface area contributed by atoms with Gasteiger partial charge in [-0.25, -0.2) is 4.39 Å². The van der Waals surface area contributed by atoms with E-state index in [2.05, 4.69) is 31.2 Å². The Morgan fingerprint density at radius 1 is 1.23 bits per heavy atom. The Bertz CT molecular complexity index is 929. The Kier molecular flexibility index (Phi) is 4.73. The molecule has 3 rings (SSSR count). The highest BCUT2D eigenvalue weighted by molar-refractivity contribution is 5.80. The number of halogens is 1. The molecule has 3 aromatic rings. The summed E-state index contributed by atoms with van der Waals surface area (Å²) in [6.07, 6.45) is 1.69. The fraction of sp³-hybridized carbons (Fsp3) is 0.316. The van der Waals surface area contributed by atoms with E-state index in [4.69, 9.17) is 0 Å². The van der Waals surface area contributed by atoms with E-state index in [0.717, 1.165) is 10.9 Å². The van der Waals surface area contributed by atoms with E-state index in [1.165, 1.54) is 24.3 Å². The van der Waals surface area contributed by atoms with Gasteiger partial charge in [-0.2, -0.15) is 5.10 Å². The molecule has 1 N–H and O–H groups in total. The van der Waals surface area contributed by atoms with Crippen molar-refractivity contribution in [2.45, 2.75) is 33.5 Å². The summed E-state index contributed by atoms with van der Waals surface area (Å²) in [5, 5.41) is 19.6. The lowest BCUT2D eigenvalue weighted by Gasteiger charge is -2.32. The van der Waals surface area contributed by atoms with Gasteiger partial charge in [0, 0.05) is 23.6 Å². The minimum absolute atomic E-state index is 0.0326. The Morgan fingerprint density at radius 2 is 1.92 bits per heavy atom. The van der Waals surface area contributed by atoms with Crippen LogP contribution < -0.4 is 5.32 Å². The fourth-order valence-corrected chi connectivity index (χ4v) is 3.06. The third kappa shape index (κ3) is 3.72. The molecule has 0 aliphatic heterocycles. The Hall–Kier alpha value is -2.80. The van der Waals surface area contributed by atoms with Gasteiger partial charge in [0.1, 0.15) is 5.82 Å². The molecule has 6 nitrogen and oxygen atoms in total. The SMILES string of the molecule is CC(C)(C)C(NCn1ncc2ccc([N+](=O)[O-])cc21)c1ccc(F)cc1. The van der Waals surface area contributed by atoms with Crippen molar-refractivity contribution in [3.05, 3.63) is 70.2 Å². The lowest BCUT2D eigenvalue weighted by atomic mass is 9.82. The van der Waals surface area contributed by atoms with Gasteiger partial charge in [0.25, 0.3) is 5.69 Å². The number of nitrogens with zero attached hydrogens (tertiary/aromatic N) is 3. The fourth-order valence-electron chi connectivity index (χ4n) is 3.06. The minimum Gasteiger partial charge on any atom is -0.291 e. The molecule has 0 saturated heterocycles. The highest BCUT2D eigenvalue weighted by atomic mass is 19.1. The number of non-ortho nitro benzene ring substituents is 1. The summed E-state index contributed by atoms with van der Waals surface area (Å²) >= 11 is 0. The van der Waals surface area contributed by atoms with Gasteiger partial charge in [-0.05, 0) is 29.2 Å². The predicted octanol–water partition coefficient (Wildman–Crippen LogP) is 4.42. The summed E-state index contributed by atoms with van der Waals surface area (Å²) in [7, 11) is 0. The molecule has 0 bridgehead atoms. The number of hydrogen-bond donors (Lipinski definition) is 1. The van der Waals surface area contributed by atoms with Crippen LogP contribution in [0.3, 0.4) is 0 Å². The van der Waals surface area contributed by atoms with Crippen molar-refractivity contribution in [3.8, 4) is 0 Å². The lowest BCUT2D eigenvalue weighted by molar-refractivity contribution is -0.384. The van der Waals surface area contributed by atoms with Crippen molar-refractivity contribution in [1.82, 2.24) is 15.1 Å². The summed E-state index contributed by atoms with van der Waals surface area (Å²) in [5.41, 5.74) is 1.58. The third-order valence-corrected chi connectivity index (χ3v) is 4.35. The Labute approximate surface area is 150 Å². The van der Waals surface area contributed by atoms with Crippen molar-refractivity contribution < 1.29 is 9.31 Å². The van der Waals surface area contributed by atoms with Crippen LogP contribution >= 0.6 is 0 Å². The summed E-state index contributed by atoms with van der Waals surface area (Å²) < 4.78 is 14.9. The molecule has 26 heavy (non-hydrogen) atoms. The van der Waals surface area contributed by atoms with Crippen molar-refractivity contribution in [2.75, 3.05) is 0 Å². The number of nitro benzene ring substituents is 1. The molecule has 1 unspecified atom stereocenters. The third-order valence-electron chi connectivity index (χ3n) is 4.35. The Morgan fingerprint density at radius 3 is 2.54 bits per heavy atom. The summed E-state index contributed by atoms with van der Waals surface area (Å²) in [6, 6.07) is 11.1. The average Bonchev–Trinajstić information content (AvgIpc) is 2.98. The molecule has 1 atom stereocenters. The molecule has 0 spiro atoms. The van der Waals surface area contributed by atoms with Crippen LogP contribution in [-0.2, 0) is 6.67 Å². The smallest absolute Gasteiger partial charge is 0.271 e. The summed E-state index contributed by atoms with van der Waals surface area (Å²) in [4.78, 5) is 10.6. The van der Waals surface area contributed by atoms with Gasteiger partial charge < -0.3 is 0 Å². The molecular weight excluding hydrogens is 335 g/mol. The molecule has 0 aliphatic carbocycles. The van der Waals surface area contributed by atoms with Crippen LogP contribution in [0.15, 0.2) is 48.7 Å². The van der Waals surface area contributed by atoms with Gasteiger partial charge in [0.15, 0.2) is 0 Å². The van der Waals surface area contributed by atoms with Gasteiger partial charge >= 0.3 is 0 Å². The van der Waals surface area contributed by atoms with Gasteiger partial charge in [0.2, 0.25) is 0 Å². The van der Waals surface area contributed by atoms with Gasteiger partial charge in [0.05, 0.1) is 23.3 Å². The van der Waals surface area contributed by atoms with Crippen molar-refractivity contribution in [1.29, 1.82) is 0 Å². The molecule has 7 heteroatoms. The first-order valence-electron chi connectivity index (χ1n) is 8.34. The molecule has 0 amide bonds. The second-order valence-electron chi connectivity index (χ2n) is 7.36. The number of rotatable bonds is 5. The van der Waals surface area contributed by atoms with Crippen LogP contribution in [0.2, 0.25) is 0 Å². The van der Waals surface area contributed by atoms with E-state index < -0.39 is 4.92 Å². The van der Waals surface area contributed by atoms with Gasteiger partial charge in [-0.15, -0.1) is 0 Å². The molecule has 2 aromatic carbocycles. The number of nitro groups is 1. The molecule has 136 valence electrons. The van der Waals surface area contributed by atoms with E-state index in [1.54, 1.807) is 29.1 Å². The average molecular weight is 356 g/mol. The molecule has 0 fully saturated rings. The summed E-state index contributed by atoms with van der Waals surface area (Å²) in [6.45, 7) is 6.67. The minimum atomic E-state index is -0.416. The van der Waals surface area contributed by atoms with Crippen LogP contribution in [0, 0.1) is 21.3 Å². The van der Waals surface area contributed by atoms with Crippen LogP contribution in [-0.4, -0.2) is 14.7 Å². The summed E-state index contributed by atoms with van der Waals surface area (Å²) in [5.74, 6) is -0.271. The van der Waals surface area contributed by atoms with Crippen molar-refractivity contribution in [3.63, 3.8) is 0 Å². The maximum absolute atomic E-state index is 13.2. The monoisotopic (exact) mass is 356 g/mol. The number of nitrogens with one attached hydrogen (secondary N) is 1. The maximum atomic E-state index is 13.2. The maximum Gasteiger partial charge on any atom is 0.271 e. The number of aromatic nitrogens is 2. The first-order chi connectivity index (χ1) is 12.3. The normalized spacial score (nSPS) is 13.1. The van der Waals surface area contributed by atoms with E-state index >= 15 is 0 Å². The quantitative estimate of drug-likeness (QED) is 0.542. The second-order valence-corrected chi connectivity index (χ2v) is 7.36. The standard InChI is InChI=1S/C19H21FN4O2/c1-19(2,3)18(13-4-7-15(20)8-5-13)21-12-23-17-10-16(24(25)26)9-6-14(17)11-22-23/h4-11,18,21H,12H2,1-3H3. The van der Waals surface area contributed by atoms with E-state index in [-0.39, 0.29) is 23.0 Å². The van der Waals surface area contributed by atoms with Gasteiger partial charge in [-0.1, -0.05) is 32.9 Å². The molecule has 1 heterocycles. The first-order valence-corrected chi connectivity index (χ1v) is 8.34. The van der Waals surface area contributed by atoms with Crippen LogP contribution in [0.25, 0.3) is 10.9 Å². The Balaban J connectivity index is 1.87.